The highest BCUT2D eigenvalue weighted by atomic mass is 32.2. The van der Waals surface area contributed by atoms with E-state index in [2.05, 4.69) is 14.7 Å². The number of nitrogens with zero attached hydrogens (tertiary/aromatic N) is 3. The summed E-state index contributed by atoms with van der Waals surface area (Å²) in [7, 11) is -2.23. The Kier molecular flexibility index (Phi) is 6.98. The number of rotatable bonds is 7. The summed E-state index contributed by atoms with van der Waals surface area (Å²) in [5.74, 6) is -0.934. The van der Waals surface area contributed by atoms with Crippen molar-refractivity contribution < 1.29 is 27.5 Å². The lowest BCUT2D eigenvalue weighted by Crippen LogP contribution is -2.13. The number of nitrogens with one attached hydrogen (secondary N) is 1. The maximum atomic E-state index is 12.4. The number of benzene rings is 1. The minimum absolute atomic E-state index is 0.0648. The maximum Gasteiger partial charge on any atom is 0.353 e. The molecule has 0 unspecified atom stereocenters. The van der Waals surface area contributed by atoms with Gasteiger partial charge in [0.15, 0.2) is 11.5 Å². The van der Waals surface area contributed by atoms with Crippen molar-refractivity contribution in [2.75, 3.05) is 18.7 Å². The summed E-state index contributed by atoms with van der Waals surface area (Å²) in [6.45, 7) is 0. The normalized spacial score (nSPS) is 11.5. The predicted molar refractivity (Wildman–Crippen MR) is 118 cm³/mol. The molecule has 2 aromatic heterocycles. The molecule has 0 atom stereocenters. The largest absolute Gasteiger partial charge is 0.493 e. The zero-order valence-electron chi connectivity index (χ0n) is 16.6. The fraction of sp³-hybridized carbons (Fsp3) is 0.105. The van der Waals surface area contributed by atoms with E-state index in [9.17, 15) is 23.3 Å². The Morgan fingerprint density at radius 2 is 2.03 bits per heavy atom. The lowest BCUT2D eigenvalue weighted by Gasteiger charge is -2.09. The van der Waals surface area contributed by atoms with Crippen LogP contribution in [0.25, 0.3) is 6.08 Å². The summed E-state index contributed by atoms with van der Waals surface area (Å²) in [5, 5.41) is 13.0. The predicted octanol–water partition coefficient (Wildman–Crippen LogP) is 2.78. The molecule has 32 heavy (non-hydrogen) atoms. The summed E-state index contributed by atoms with van der Waals surface area (Å²) in [4.78, 5) is 28.7. The van der Waals surface area contributed by atoms with Crippen LogP contribution in [-0.4, -0.2) is 43.0 Å². The van der Waals surface area contributed by atoms with Crippen molar-refractivity contribution in [3.8, 4) is 17.6 Å². The molecule has 1 amide bonds. The number of anilines is 1. The summed E-state index contributed by atoms with van der Waals surface area (Å²) in [5.41, 5.74) is 0.157. The van der Waals surface area contributed by atoms with Crippen molar-refractivity contribution in [2.45, 2.75) is 5.16 Å². The van der Waals surface area contributed by atoms with Crippen LogP contribution in [0, 0.1) is 11.3 Å². The maximum absolute atomic E-state index is 12.4. The molecule has 0 aliphatic carbocycles. The van der Waals surface area contributed by atoms with E-state index in [0.717, 1.165) is 6.26 Å². The molecule has 0 aliphatic rings. The Morgan fingerprint density at radius 3 is 2.62 bits per heavy atom. The number of sulfone groups is 1. The van der Waals surface area contributed by atoms with E-state index in [1.54, 1.807) is 23.6 Å². The van der Waals surface area contributed by atoms with Gasteiger partial charge in [0, 0.05) is 17.8 Å². The van der Waals surface area contributed by atoms with Crippen molar-refractivity contribution in [3.05, 3.63) is 51.7 Å². The van der Waals surface area contributed by atoms with Gasteiger partial charge in [0.1, 0.15) is 16.5 Å². The number of hydrogen-bond acceptors (Lipinski definition) is 11. The average Bonchev–Trinajstić information content (AvgIpc) is 3.44. The van der Waals surface area contributed by atoms with Gasteiger partial charge in [-0.05, 0) is 35.2 Å². The van der Waals surface area contributed by atoms with Crippen molar-refractivity contribution in [3.63, 3.8) is 0 Å². The van der Waals surface area contributed by atoms with Crippen molar-refractivity contribution in [1.82, 2.24) is 9.36 Å². The fourth-order valence-electron chi connectivity index (χ4n) is 2.29. The van der Waals surface area contributed by atoms with Crippen LogP contribution in [0.3, 0.4) is 0 Å². The van der Waals surface area contributed by atoms with E-state index in [0.29, 0.717) is 22.0 Å². The molecule has 3 rings (SSSR count). The second-order valence-corrected chi connectivity index (χ2v) is 9.66. The first-order valence-corrected chi connectivity index (χ1v) is 12.2. The Hall–Kier alpha value is -3.60. The third-order valence-corrected chi connectivity index (χ3v) is 6.19. The van der Waals surface area contributed by atoms with Crippen LogP contribution in [-0.2, 0) is 14.6 Å². The van der Waals surface area contributed by atoms with Gasteiger partial charge in [-0.3, -0.25) is 10.1 Å². The number of hydrogen-bond donors (Lipinski definition) is 1. The minimum atomic E-state index is -3.62. The third kappa shape index (κ3) is 5.55. The van der Waals surface area contributed by atoms with Crippen LogP contribution in [0.4, 0.5) is 5.13 Å². The van der Waals surface area contributed by atoms with E-state index < -0.39 is 26.9 Å². The molecule has 0 radical (unpaired) electrons. The monoisotopic (exact) mass is 490 g/mol. The van der Waals surface area contributed by atoms with Crippen LogP contribution in [0.5, 0.6) is 11.5 Å². The Balaban J connectivity index is 1.79. The molecule has 0 bridgehead atoms. The number of esters is 1. The van der Waals surface area contributed by atoms with Gasteiger partial charge in [-0.1, -0.05) is 12.1 Å². The molecule has 1 N–H and O–H groups in total. The van der Waals surface area contributed by atoms with E-state index in [1.807, 2.05) is 0 Å². The van der Waals surface area contributed by atoms with Gasteiger partial charge < -0.3 is 9.47 Å². The molecule has 0 fully saturated rings. The van der Waals surface area contributed by atoms with Crippen LogP contribution >= 0.6 is 22.9 Å². The van der Waals surface area contributed by atoms with Crippen LogP contribution in [0.15, 0.2) is 46.4 Å². The number of methoxy groups -OCH3 is 1. The van der Waals surface area contributed by atoms with Gasteiger partial charge in [-0.2, -0.15) is 14.6 Å². The smallest absolute Gasteiger partial charge is 0.353 e. The number of aromatic nitrogens is 2. The van der Waals surface area contributed by atoms with Crippen LogP contribution in [0.2, 0.25) is 0 Å². The first kappa shape index (κ1) is 23.1. The summed E-state index contributed by atoms with van der Waals surface area (Å²) in [6, 6.07) is 9.64. The quantitative estimate of drug-likeness (QED) is 0.228. The molecule has 0 saturated heterocycles. The number of thiophene rings is 1. The zero-order chi connectivity index (χ0) is 23.3. The Morgan fingerprint density at radius 1 is 1.25 bits per heavy atom. The number of amides is 1. The zero-order valence-corrected chi connectivity index (χ0v) is 19.0. The van der Waals surface area contributed by atoms with E-state index in [4.69, 9.17) is 9.47 Å². The molecule has 164 valence electrons. The van der Waals surface area contributed by atoms with Crippen LogP contribution < -0.4 is 14.8 Å². The number of nitriles is 1. The first-order chi connectivity index (χ1) is 15.2. The number of ether oxygens (including phenoxy) is 2. The summed E-state index contributed by atoms with van der Waals surface area (Å²) in [6.07, 6.45) is 2.23. The molecular weight excluding hydrogens is 476 g/mol. The van der Waals surface area contributed by atoms with Gasteiger partial charge in [-0.25, -0.2) is 13.2 Å². The highest BCUT2D eigenvalue weighted by molar-refractivity contribution is 7.90. The third-order valence-electron chi connectivity index (χ3n) is 3.75. The number of carbonyl (C=O) groups excluding carboxylic acids is 2. The number of carbonyl (C=O) groups is 2. The van der Waals surface area contributed by atoms with Gasteiger partial charge in [0.25, 0.3) is 11.1 Å². The molecular formula is C19H14N4O6S3. The van der Waals surface area contributed by atoms with E-state index in [-0.39, 0.29) is 22.2 Å². The topological polar surface area (TPSA) is 148 Å². The van der Waals surface area contributed by atoms with Crippen LogP contribution in [0.1, 0.15) is 15.2 Å². The standard InChI is InChI=1S/C19H14N4O6S3/c1-28-14-9-11(5-6-13(14)29-17(25)15-4-3-7-30-15)8-12(10-20)16(24)21-18-22-19(23-31-18)32(2,26)27/h3-9H,1-2H3,(H,21,22,23,24)/b12-8-. The molecule has 0 spiro atoms. The van der Waals surface area contributed by atoms with E-state index >= 15 is 0 Å². The average molecular weight is 491 g/mol. The second kappa shape index (κ2) is 9.69. The second-order valence-electron chi connectivity index (χ2n) is 6.06. The minimum Gasteiger partial charge on any atom is -0.493 e. The van der Waals surface area contributed by atoms with E-state index in [1.165, 1.54) is 42.7 Å². The summed E-state index contributed by atoms with van der Waals surface area (Å²) >= 11 is 1.91. The van der Waals surface area contributed by atoms with Gasteiger partial charge in [0.05, 0.1) is 7.11 Å². The molecule has 3 aromatic rings. The highest BCUT2D eigenvalue weighted by Crippen LogP contribution is 2.30. The molecule has 2 heterocycles. The lowest BCUT2D eigenvalue weighted by atomic mass is 10.1. The van der Waals surface area contributed by atoms with Gasteiger partial charge in [-0.15, -0.1) is 11.3 Å². The molecule has 1 aromatic carbocycles. The van der Waals surface area contributed by atoms with Gasteiger partial charge >= 0.3 is 5.97 Å². The Labute approximate surface area is 190 Å². The molecule has 10 nitrogen and oxygen atoms in total. The lowest BCUT2D eigenvalue weighted by molar-refractivity contribution is -0.112. The van der Waals surface area contributed by atoms with Gasteiger partial charge in [0.2, 0.25) is 15.0 Å². The first-order valence-electron chi connectivity index (χ1n) is 8.62. The summed E-state index contributed by atoms with van der Waals surface area (Å²) < 4.78 is 37.1. The highest BCUT2D eigenvalue weighted by Gasteiger charge is 2.18. The molecule has 13 heteroatoms. The van der Waals surface area contributed by atoms with Crippen molar-refractivity contribution >= 4 is 55.8 Å². The SMILES string of the molecule is COc1cc(/C=C(/C#N)C(=O)Nc2nc(S(C)(=O)=O)ns2)ccc1OC(=O)c1cccs1. The molecule has 0 saturated carbocycles. The van der Waals surface area contributed by atoms with Crippen molar-refractivity contribution in [1.29, 1.82) is 5.26 Å². The fourth-order valence-corrected chi connectivity index (χ4v) is 4.33. The van der Waals surface area contributed by atoms with Crippen molar-refractivity contribution in [2.24, 2.45) is 0 Å². The molecule has 0 aliphatic heterocycles. The Bertz CT molecular complexity index is 1340.